The van der Waals surface area contributed by atoms with Crippen LogP contribution < -0.4 is 11.1 Å². The first-order chi connectivity index (χ1) is 7.96. The number of rotatable bonds is 0. The summed E-state index contributed by atoms with van der Waals surface area (Å²) in [6.07, 6.45) is 0.918. The van der Waals surface area contributed by atoms with Gasteiger partial charge in [-0.05, 0) is 38.1 Å². The zero-order valence-corrected chi connectivity index (χ0v) is 11.5. The lowest BCUT2D eigenvalue weighted by Gasteiger charge is -2.33. The fourth-order valence-electron chi connectivity index (χ4n) is 2.55. The van der Waals surface area contributed by atoms with E-state index in [4.69, 9.17) is 22.7 Å². The number of hydrogen-bond acceptors (Lipinski definition) is 4. The number of aliphatic imine (C=N–C) groups is 1. The van der Waals surface area contributed by atoms with E-state index in [1.165, 1.54) is 10.5 Å². The Morgan fingerprint density at radius 1 is 1.59 bits per heavy atom. The molecule has 2 atom stereocenters. The van der Waals surface area contributed by atoms with Crippen LogP contribution in [-0.2, 0) is 4.74 Å². The molecule has 3 aliphatic rings. The molecule has 6 heteroatoms. The van der Waals surface area contributed by atoms with Crippen molar-refractivity contribution in [2.45, 2.75) is 31.2 Å². The standard InChI is InChI=1S/C11H15N3OS2/c1-11(2)3-5-6(4-15-11)17-9-7(5)8(12)13-10(16)14-9/h7,9H,3-4H2,1-2H3,(H3,12,13,14,16). The molecule has 3 heterocycles. The maximum Gasteiger partial charge on any atom is 0.195 e. The molecule has 0 fully saturated rings. The monoisotopic (exact) mass is 269 g/mol. The summed E-state index contributed by atoms with van der Waals surface area (Å²) < 4.78 is 5.83. The largest absolute Gasteiger partial charge is 0.386 e. The molecule has 0 aromatic carbocycles. The van der Waals surface area contributed by atoms with Crippen LogP contribution in [0.25, 0.3) is 0 Å². The second-order valence-electron chi connectivity index (χ2n) is 5.18. The van der Waals surface area contributed by atoms with Gasteiger partial charge in [0, 0.05) is 4.91 Å². The summed E-state index contributed by atoms with van der Waals surface area (Å²) in [4.78, 5) is 5.49. The van der Waals surface area contributed by atoms with Gasteiger partial charge in [0.05, 0.1) is 23.5 Å². The SMILES string of the molecule is CC1(C)CC2=C(CO1)SC1NC(=S)N=C(N)C21. The van der Waals surface area contributed by atoms with Gasteiger partial charge in [0.1, 0.15) is 5.84 Å². The highest BCUT2D eigenvalue weighted by molar-refractivity contribution is 8.04. The van der Waals surface area contributed by atoms with Crippen LogP contribution in [0.2, 0.25) is 0 Å². The molecule has 0 aromatic heterocycles. The molecule has 92 valence electrons. The van der Waals surface area contributed by atoms with E-state index >= 15 is 0 Å². The van der Waals surface area contributed by atoms with Crippen LogP contribution in [0.4, 0.5) is 0 Å². The van der Waals surface area contributed by atoms with Gasteiger partial charge in [-0.25, -0.2) is 4.99 Å². The lowest BCUT2D eigenvalue weighted by molar-refractivity contribution is -0.0120. The van der Waals surface area contributed by atoms with E-state index in [-0.39, 0.29) is 16.9 Å². The van der Waals surface area contributed by atoms with Crippen molar-refractivity contribution in [2.75, 3.05) is 6.61 Å². The Kier molecular flexibility index (Phi) is 2.50. The van der Waals surface area contributed by atoms with Crippen LogP contribution in [-0.4, -0.2) is 28.5 Å². The third-order valence-electron chi connectivity index (χ3n) is 3.33. The van der Waals surface area contributed by atoms with Gasteiger partial charge in [0.25, 0.3) is 0 Å². The summed E-state index contributed by atoms with van der Waals surface area (Å²) in [5.41, 5.74) is 7.32. The second kappa shape index (κ2) is 3.70. The molecular formula is C11H15N3OS2. The van der Waals surface area contributed by atoms with E-state index in [0.717, 1.165) is 6.42 Å². The van der Waals surface area contributed by atoms with E-state index in [2.05, 4.69) is 24.2 Å². The fraction of sp³-hybridized carbons (Fsp3) is 0.636. The molecule has 17 heavy (non-hydrogen) atoms. The Morgan fingerprint density at radius 3 is 3.12 bits per heavy atom. The highest BCUT2D eigenvalue weighted by Gasteiger charge is 2.44. The maximum atomic E-state index is 6.04. The zero-order valence-electron chi connectivity index (χ0n) is 9.82. The minimum Gasteiger partial charge on any atom is -0.386 e. The van der Waals surface area contributed by atoms with E-state index < -0.39 is 0 Å². The summed E-state index contributed by atoms with van der Waals surface area (Å²) in [7, 11) is 0. The van der Waals surface area contributed by atoms with Crippen LogP contribution in [0.15, 0.2) is 15.5 Å². The van der Waals surface area contributed by atoms with Crippen molar-refractivity contribution in [3.05, 3.63) is 10.5 Å². The van der Waals surface area contributed by atoms with Gasteiger partial charge in [0.2, 0.25) is 0 Å². The topological polar surface area (TPSA) is 59.6 Å². The first-order valence-electron chi connectivity index (χ1n) is 5.63. The van der Waals surface area contributed by atoms with Crippen molar-refractivity contribution in [1.82, 2.24) is 5.32 Å². The number of nitrogens with one attached hydrogen (secondary N) is 1. The zero-order chi connectivity index (χ0) is 12.2. The molecular weight excluding hydrogens is 254 g/mol. The van der Waals surface area contributed by atoms with Crippen LogP contribution in [0.5, 0.6) is 0 Å². The van der Waals surface area contributed by atoms with Crippen LogP contribution in [0.3, 0.4) is 0 Å². The van der Waals surface area contributed by atoms with Crippen molar-refractivity contribution in [3.8, 4) is 0 Å². The number of fused-ring (bicyclic) bond motifs is 2. The molecule has 0 aromatic rings. The summed E-state index contributed by atoms with van der Waals surface area (Å²) >= 11 is 6.86. The van der Waals surface area contributed by atoms with E-state index in [1.807, 2.05) is 0 Å². The maximum absolute atomic E-state index is 6.04. The Balaban J connectivity index is 1.96. The van der Waals surface area contributed by atoms with Gasteiger partial charge in [-0.1, -0.05) is 0 Å². The minimum atomic E-state index is -0.105. The Labute approximate surface area is 110 Å². The average Bonchev–Trinajstić information content (AvgIpc) is 2.53. The van der Waals surface area contributed by atoms with Crippen molar-refractivity contribution < 1.29 is 4.74 Å². The van der Waals surface area contributed by atoms with E-state index in [0.29, 0.717) is 17.6 Å². The van der Waals surface area contributed by atoms with Gasteiger partial charge < -0.3 is 15.8 Å². The molecule has 2 unspecified atom stereocenters. The van der Waals surface area contributed by atoms with Gasteiger partial charge in [-0.2, -0.15) is 0 Å². The van der Waals surface area contributed by atoms with Gasteiger partial charge >= 0.3 is 0 Å². The second-order valence-corrected chi connectivity index (χ2v) is 6.80. The number of nitrogens with zero attached hydrogens (tertiary/aromatic N) is 1. The lowest BCUT2D eigenvalue weighted by atomic mass is 9.86. The van der Waals surface area contributed by atoms with Crippen LogP contribution in [0, 0.1) is 5.92 Å². The number of hydrogen-bond donors (Lipinski definition) is 2. The van der Waals surface area contributed by atoms with Crippen molar-refractivity contribution in [2.24, 2.45) is 16.6 Å². The van der Waals surface area contributed by atoms with Gasteiger partial charge in [-0.15, -0.1) is 11.8 Å². The number of ether oxygens (including phenoxy) is 1. The Bertz CT molecular complexity index is 456. The van der Waals surface area contributed by atoms with Crippen molar-refractivity contribution in [1.29, 1.82) is 0 Å². The summed E-state index contributed by atoms with van der Waals surface area (Å²) in [6, 6.07) is 0. The highest BCUT2D eigenvalue weighted by Crippen LogP contribution is 2.48. The molecule has 3 rings (SSSR count). The molecule has 0 saturated carbocycles. The minimum absolute atomic E-state index is 0.105. The first kappa shape index (κ1) is 11.5. The lowest BCUT2D eigenvalue weighted by Crippen LogP contribution is -2.47. The first-order valence-corrected chi connectivity index (χ1v) is 6.92. The highest BCUT2D eigenvalue weighted by atomic mass is 32.2. The molecule has 0 radical (unpaired) electrons. The number of amidine groups is 1. The third-order valence-corrected chi connectivity index (χ3v) is 4.85. The summed E-state index contributed by atoms with van der Waals surface area (Å²) in [6.45, 7) is 4.91. The van der Waals surface area contributed by atoms with Crippen LogP contribution >= 0.6 is 24.0 Å². The summed E-state index contributed by atoms with van der Waals surface area (Å²) in [5, 5.41) is 3.93. The van der Waals surface area contributed by atoms with Crippen molar-refractivity contribution in [3.63, 3.8) is 0 Å². The van der Waals surface area contributed by atoms with Gasteiger partial charge in [-0.3, -0.25) is 0 Å². The molecule has 3 N–H and O–H groups in total. The Hall–Kier alpha value is -0.590. The molecule has 4 nitrogen and oxygen atoms in total. The van der Waals surface area contributed by atoms with E-state index in [1.54, 1.807) is 11.8 Å². The number of thioether (sulfide) groups is 1. The molecule has 0 spiro atoms. The quantitative estimate of drug-likeness (QED) is 0.651. The third kappa shape index (κ3) is 1.88. The van der Waals surface area contributed by atoms with E-state index in [9.17, 15) is 0 Å². The van der Waals surface area contributed by atoms with Crippen LogP contribution in [0.1, 0.15) is 20.3 Å². The fourth-order valence-corrected chi connectivity index (χ4v) is 4.25. The summed E-state index contributed by atoms with van der Waals surface area (Å²) in [5.74, 6) is 0.832. The molecule has 0 saturated heterocycles. The van der Waals surface area contributed by atoms with Gasteiger partial charge in [0.15, 0.2) is 5.11 Å². The number of thiocarbonyl (C=S) groups is 1. The molecule has 0 aliphatic carbocycles. The molecule has 0 bridgehead atoms. The predicted molar refractivity (Wildman–Crippen MR) is 73.9 cm³/mol. The predicted octanol–water partition coefficient (Wildman–Crippen LogP) is 1.37. The average molecular weight is 269 g/mol. The Morgan fingerprint density at radius 2 is 2.35 bits per heavy atom. The van der Waals surface area contributed by atoms with Crippen molar-refractivity contribution >= 4 is 34.9 Å². The molecule has 0 amide bonds. The smallest absolute Gasteiger partial charge is 0.195 e. The normalized spacial score (nSPS) is 34.9. The molecule has 3 aliphatic heterocycles. The number of nitrogens with two attached hydrogens (primary N) is 1.